The Kier molecular flexibility index (Phi) is 4.46. The van der Waals surface area contributed by atoms with Crippen molar-refractivity contribution in [3.8, 4) is 11.4 Å². The van der Waals surface area contributed by atoms with Crippen LogP contribution in [0.3, 0.4) is 0 Å². The van der Waals surface area contributed by atoms with E-state index in [2.05, 4.69) is 24.0 Å². The van der Waals surface area contributed by atoms with Gasteiger partial charge in [-0.25, -0.2) is 0 Å². The lowest BCUT2D eigenvalue weighted by atomic mass is 10.2. The molecule has 2 rings (SSSR count). The second-order valence-electron chi connectivity index (χ2n) is 6.01. The van der Waals surface area contributed by atoms with Gasteiger partial charge in [-0.1, -0.05) is 13.8 Å². The summed E-state index contributed by atoms with van der Waals surface area (Å²) in [5.74, 6) is 1.04. The van der Waals surface area contributed by atoms with Crippen molar-refractivity contribution in [3.63, 3.8) is 0 Å². The zero-order valence-electron chi connectivity index (χ0n) is 13.2. The van der Waals surface area contributed by atoms with E-state index in [-0.39, 0.29) is 11.6 Å². The fourth-order valence-corrected chi connectivity index (χ4v) is 2.72. The van der Waals surface area contributed by atoms with Crippen LogP contribution in [-0.2, 0) is 6.54 Å². The normalized spacial score (nSPS) is 11.6. The van der Waals surface area contributed by atoms with Gasteiger partial charge in [-0.2, -0.15) is 5.10 Å². The fraction of sp³-hybridized carbons (Fsp3) is 0.533. The molecule has 2 aromatic heterocycles. The van der Waals surface area contributed by atoms with Gasteiger partial charge < -0.3 is 4.57 Å². The summed E-state index contributed by atoms with van der Waals surface area (Å²) in [6, 6.07) is 3.89. The van der Waals surface area contributed by atoms with Crippen molar-refractivity contribution >= 4 is 12.2 Å². The third-order valence-electron chi connectivity index (χ3n) is 3.38. The van der Waals surface area contributed by atoms with Crippen molar-refractivity contribution in [2.45, 2.75) is 47.2 Å². The first kappa shape index (κ1) is 15.7. The Morgan fingerprint density at radius 1 is 1.29 bits per heavy atom. The van der Waals surface area contributed by atoms with E-state index >= 15 is 0 Å². The first-order chi connectivity index (χ1) is 9.82. The Labute approximate surface area is 129 Å². The molecule has 114 valence electrons. The summed E-state index contributed by atoms with van der Waals surface area (Å²) >= 11 is 5.28. The second-order valence-corrected chi connectivity index (χ2v) is 6.40. The van der Waals surface area contributed by atoms with Crippen molar-refractivity contribution in [3.05, 3.63) is 33.0 Å². The van der Waals surface area contributed by atoms with Crippen LogP contribution in [0, 0.1) is 17.6 Å². The molecular weight excluding hydrogens is 284 g/mol. The van der Waals surface area contributed by atoms with Gasteiger partial charge in [0.2, 0.25) is 0 Å². The molecule has 0 unspecified atom stereocenters. The monoisotopic (exact) mass is 306 g/mol. The van der Waals surface area contributed by atoms with Crippen LogP contribution in [-0.4, -0.2) is 19.3 Å². The Morgan fingerprint density at radius 2 is 1.95 bits per heavy atom. The van der Waals surface area contributed by atoms with Crippen LogP contribution in [0.25, 0.3) is 11.4 Å². The minimum absolute atomic E-state index is 0.0241. The molecule has 0 saturated carbocycles. The number of hydrogen-bond acceptors (Lipinski definition) is 3. The molecule has 0 fully saturated rings. The van der Waals surface area contributed by atoms with Gasteiger partial charge in [0, 0.05) is 18.3 Å². The average Bonchev–Trinajstić information content (AvgIpc) is 2.70. The number of nitrogens with zero attached hydrogens (tertiary/aromatic N) is 3. The van der Waals surface area contributed by atoms with E-state index in [0.717, 1.165) is 12.2 Å². The van der Waals surface area contributed by atoms with Crippen LogP contribution in [0.1, 0.15) is 39.4 Å². The molecule has 21 heavy (non-hydrogen) atoms. The van der Waals surface area contributed by atoms with Crippen molar-refractivity contribution in [1.29, 1.82) is 0 Å². The van der Waals surface area contributed by atoms with Gasteiger partial charge in [-0.05, 0) is 51.0 Å². The van der Waals surface area contributed by atoms with Gasteiger partial charge in [0.15, 0.2) is 10.6 Å². The van der Waals surface area contributed by atoms with Crippen LogP contribution in [0.15, 0.2) is 16.9 Å². The van der Waals surface area contributed by atoms with E-state index in [1.54, 1.807) is 4.57 Å². The summed E-state index contributed by atoms with van der Waals surface area (Å²) in [5.41, 5.74) is 1.51. The Morgan fingerprint density at radius 3 is 2.52 bits per heavy atom. The molecule has 0 aromatic carbocycles. The average molecular weight is 306 g/mol. The summed E-state index contributed by atoms with van der Waals surface area (Å²) in [5, 5.41) is 7.06. The van der Waals surface area contributed by atoms with Gasteiger partial charge >= 0.3 is 0 Å². The molecule has 2 heterocycles. The first-order valence-electron chi connectivity index (χ1n) is 7.20. The lowest BCUT2D eigenvalue weighted by Crippen LogP contribution is -2.26. The molecule has 5 nitrogen and oxygen atoms in total. The quantitative estimate of drug-likeness (QED) is 0.882. The van der Waals surface area contributed by atoms with Gasteiger partial charge in [-0.3, -0.25) is 14.5 Å². The maximum Gasteiger partial charge on any atom is 0.262 e. The molecule has 0 aliphatic heterocycles. The highest BCUT2D eigenvalue weighted by Crippen LogP contribution is 2.17. The third kappa shape index (κ3) is 3.00. The van der Waals surface area contributed by atoms with Crippen LogP contribution >= 0.6 is 12.2 Å². The maximum absolute atomic E-state index is 12.7. The van der Waals surface area contributed by atoms with E-state index in [1.807, 2.05) is 37.5 Å². The highest BCUT2D eigenvalue weighted by molar-refractivity contribution is 7.71. The minimum atomic E-state index is -0.0241. The van der Waals surface area contributed by atoms with E-state index in [1.165, 1.54) is 0 Å². The molecule has 2 aromatic rings. The highest BCUT2D eigenvalue weighted by atomic mass is 32.1. The number of aryl methyl sites for hydroxylation is 1. The summed E-state index contributed by atoms with van der Waals surface area (Å²) < 4.78 is 4.23. The van der Waals surface area contributed by atoms with E-state index in [9.17, 15) is 4.79 Å². The minimum Gasteiger partial charge on any atom is -0.310 e. The molecule has 0 aliphatic rings. The number of H-pyrrole nitrogens is 1. The number of hydrogen-bond donors (Lipinski definition) is 1. The zero-order valence-corrected chi connectivity index (χ0v) is 14.0. The molecule has 0 amide bonds. The molecule has 6 heteroatoms. The van der Waals surface area contributed by atoms with Gasteiger partial charge in [-0.15, -0.1) is 0 Å². The van der Waals surface area contributed by atoms with Crippen molar-refractivity contribution in [2.75, 3.05) is 0 Å². The van der Waals surface area contributed by atoms with Crippen molar-refractivity contribution < 1.29 is 0 Å². The molecule has 0 radical (unpaired) electrons. The molecular formula is C15H22N4OS. The molecule has 0 atom stereocenters. The fourth-order valence-electron chi connectivity index (χ4n) is 2.52. The van der Waals surface area contributed by atoms with Gasteiger partial charge in [0.25, 0.3) is 5.56 Å². The second kappa shape index (κ2) is 5.97. The lowest BCUT2D eigenvalue weighted by molar-refractivity contribution is 0.520. The molecule has 0 saturated heterocycles. The Hall–Kier alpha value is -1.69. The predicted octanol–water partition coefficient (Wildman–Crippen LogP) is 3.31. The standard InChI is InChI=1S/C15H22N4OS/c1-9(2)8-18-13(16-17-15(18)21)12-7-6-11(5)19(10(3)4)14(12)20/h6-7,9-10H,8H2,1-5H3,(H,17,21). The zero-order chi connectivity index (χ0) is 15.7. The molecule has 1 N–H and O–H groups in total. The largest absolute Gasteiger partial charge is 0.310 e. The first-order valence-corrected chi connectivity index (χ1v) is 7.61. The van der Waals surface area contributed by atoms with E-state index < -0.39 is 0 Å². The number of nitrogens with one attached hydrogen (secondary N) is 1. The number of aromatic nitrogens is 4. The number of aromatic amines is 1. The van der Waals surface area contributed by atoms with Crippen LogP contribution in [0.4, 0.5) is 0 Å². The number of rotatable bonds is 4. The van der Waals surface area contributed by atoms with Crippen molar-refractivity contribution in [1.82, 2.24) is 19.3 Å². The van der Waals surface area contributed by atoms with E-state index in [4.69, 9.17) is 12.2 Å². The molecule has 0 spiro atoms. The highest BCUT2D eigenvalue weighted by Gasteiger charge is 2.16. The van der Waals surface area contributed by atoms with Crippen molar-refractivity contribution in [2.24, 2.45) is 5.92 Å². The third-order valence-corrected chi connectivity index (χ3v) is 3.70. The topological polar surface area (TPSA) is 55.6 Å². The Balaban J connectivity index is 2.67. The molecule has 0 bridgehead atoms. The SMILES string of the molecule is Cc1ccc(-c2n[nH]c(=S)n2CC(C)C)c(=O)n1C(C)C. The van der Waals surface area contributed by atoms with E-state index in [0.29, 0.717) is 22.1 Å². The van der Waals surface area contributed by atoms with Crippen LogP contribution in [0.2, 0.25) is 0 Å². The number of pyridine rings is 1. The van der Waals surface area contributed by atoms with Gasteiger partial charge in [0.05, 0.1) is 5.56 Å². The lowest BCUT2D eigenvalue weighted by Gasteiger charge is -2.16. The van der Waals surface area contributed by atoms with Crippen LogP contribution < -0.4 is 5.56 Å². The molecule has 0 aliphatic carbocycles. The predicted molar refractivity (Wildman–Crippen MR) is 87.1 cm³/mol. The van der Waals surface area contributed by atoms with Crippen LogP contribution in [0.5, 0.6) is 0 Å². The summed E-state index contributed by atoms with van der Waals surface area (Å²) in [6.07, 6.45) is 0. The summed E-state index contributed by atoms with van der Waals surface area (Å²) in [6.45, 7) is 10.9. The maximum atomic E-state index is 12.7. The smallest absolute Gasteiger partial charge is 0.262 e. The van der Waals surface area contributed by atoms with Gasteiger partial charge in [0.1, 0.15) is 0 Å². The Bertz CT molecular complexity index is 752. The summed E-state index contributed by atoms with van der Waals surface area (Å²) in [7, 11) is 0. The summed E-state index contributed by atoms with van der Waals surface area (Å²) in [4.78, 5) is 12.7.